The van der Waals surface area contributed by atoms with Crippen LogP contribution in [0.4, 0.5) is 0 Å². The predicted octanol–water partition coefficient (Wildman–Crippen LogP) is 2.57. The molecule has 0 atom stereocenters. The van der Waals surface area contributed by atoms with Gasteiger partial charge in [-0.15, -0.1) is 0 Å². The van der Waals surface area contributed by atoms with Crippen LogP contribution in [0, 0.1) is 13.8 Å². The molecular formula is C13H20ClNO2. The molecule has 0 aliphatic rings. The fourth-order valence-electron chi connectivity index (χ4n) is 1.65. The van der Waals surface area contributed by atoms with E-state index in [0.717, 1.165) is 41.6 Å². The molecule has 4 heteroatoms. The lowest BCUT2D eigenvalue weighted by Gasteiger charge is -2.13. The third-order valence-electron chi connectivity index (χ3n) is 2.43. The fourth-order valence-corrected chi connectivity index (χ4v) is 1.98. The van der Waals surface area contributed by atoms with Crippen molar-refractivity contribution in [1.82, 2.24) is 5.32 Å². The van der Waals surface area contributed by atoms with Crippen LogP contribution in [0.1, 0.15) is 11.1 Å². The maximum Gasteiger partial charge on any atom is 0.125 e. The molecule has 0 saturated carbocycles. The van der Waals surface area contributed by atoms with Crippen molar-refractivity contribution in [3.63, 3.8) is 0 Å². The second-order valence-corrected chi connectivity index (χ2v) is 4.40. The summed E-state index contributed by atoms with van der Waals surface area (Å²) >= 11 is 5.96. The SMILES string of the molecule is COCCNCCOc1c(C)cc(Cl)cc1C. The van der Waals surface area contributed by atoms with Gasteiger partial charge in [-0.05, 0) is 37.1 Å². The Morgan fingerprint density at radius 1 is 1.12 bits per heavy atom. The van der Waals surface area contributed by atoms with Crippen molar-refractivity contribution in [2.75, 3.05) is 33.4 Å². The highest BCUT2D eigenvalue weighted by atomic mass is 35.5. The molecule has 1 rings (SSSR count). The van der Waals surface area contributed by atoms with Crippen LogP contribution in [-0.4, -0.2) is 33.4 Å². The lowest BCUT2D eigenvalue weighted by molar-refractivity contribution is 0.196. The average Bonchev–Trinajstić information content (AvgIpc) is 2.26. The van der Waals surface area contributed by atoms with E-state index in [2.05, 4.69) is 5.32 Å². The van der Waals surface area contributed by atoms with Gasteiger partial charge in [-0.3, -0.25) is 0 Å². The van der Waals surface area contributed by atoms with Crippen LogP contribution < -0.4 is 10.1 Å². The predicted molar refractivity (Wildman–Crippen MR) is 71.2 cm³/mol. The zero-order valence-electron chi connectivity index (χ0n) is 10.7. The van der Waals surface area contributed by atoms with Crippen LogP contribution >= 0.6 is 11.6 Å². The number of nitrogens with one attached hydrogen (secondary N) is 1. The summed E-state index contributed by atoms with van der Waals surface area (Å²) in [4.78, 5) is 0. The van der Waals surface area contributed by atoms with E-state index in [1.807, 2.05) is 26.0 Å². The Morgan fingerprint density at radius 2 is 1.71 bits per heavy atom. The van der Waals surface area contributed by atoms with Crippen LogP contribution in [0.5, 0.6) is 5.75 Å². The van der Waals surface area contributed by atoms with Crippen LogP contribution in [-0.2, 0) is 4.74 Å². The summed E-state index contributed by atoms with van der Waals surface area (Å²) in [5.74, 6) is 0.933. The van der Waals surface area contributed by atoms with Gasteiger partial charge in [-0.2, -0.15) is 0 Å². The Hall–Kier alpha value is -0.770. The molecule has 0 saturated heterocycles. The summed E-state index contributed by atoms with van der Waals surface area (Å²) in [5.41, 5.74) is 2.15. The first-order valence-corrected chi connectivity index (χ1v) is 6.12. The van der Waals surface area contributed by atoms with Crippen LogP contribution in [0.2, 0.25) is 5.02 Å². The van der Waals surface area contributed by atoms with Crippen LogP contribution in [0.25, 0.3) is 0 Å². The van der Waals surface area contributed by atoms with Gasteiger partial charge in [0.1, 0.15) is 12.4 Å². The van der Waals surface area contributed by atoms with Crippen molar-refractivity contribution < 1.29 is 9.47 Å². The first kappa shape index (κ1) is 14.3. The van der Waals surface area contributed by atoms with E-state index < -0.39 is 0 Å². The van der Waals surface area contributed by atoms with E-state index in [-0.39, 0.29) is 0 Å². The molecule has 1 aromatic rings. The van der Waals surface area contributed by atoms with Crippen LogP contribution in [0.15, 0.2) is 12.1 Å². The van der Waals surface area contributed by atoms with E-state index >= 15 is 0 Å². The summed E-state index contributed by atoms with van der Waals surface area (Å²) in [6.07, 6.45) is 0. The van der Waals surface area contributed by atoms with Crippen molar-refractivity contribution in [2.24, 2.45) is 0 Å². The smallest absolute Gasteiger partial charge is 0.125 e. The number of hydrogen-bond acceptors (Lipinski definition) is 3. The monoisotopic (exact) mass is 257 g/mol. The molecule has 0 amide bonds. The van der Waals surface area contributed by atoms with Gasteiger partial charge in [0, 0.05) is 25.2 Å². The largest absolute Gasteiger partial charge is 0.492 e. The Bertz CT molecular complexity index is 332. The first-order chi connectivity index (χ1) is 8.15. The number of aryl methyl sites for hydroxylation is 2. The molecule has 0 unspecified atom stereocenters. The van der Waals surface area contributed by atoms with Crippen LogP contribution in [0.3, 0.4) is 0 Å². The molecule has 0 fully saturated rings. The minimum absolute atomic E-state index is 0.646. The Balaban J connectivity index is 2.36. The van der Waals surface area contributed by atoms with Gasteiger partial charge in [0.15, 0.2) is 0 Å². The number of halogens is 1. The van der Waals surface area contributed by atoms with E-state index in [4.69, 9.17) is 21.1 Å². The number of rotatable bonds is 7. The highest BCUT2D eigenvalue weighted by Crippen LogP contribution is 2.26. The number of ether oxygens (including phenoxy) is 2. The normalized spacial score (nSPS) is 10.6. The van der Waals surface area contributed by atoms with Gasteiger partial charge in [0.05, 0.1) is 6.61 Å². The lowest BCUT2D eigenvalue weighted by atomic mass is 10.1. The zero-order valence-corrected chi connectivity index (χ0v) is 11.4. The average molecular weight is 258 g/mol. The molecule has 1 aromatic carbocycles. The standard InChI is InChI=1S/C13H20ClNO2/c1-10-8-12(14)9-11(2)13(10)17-7-5-15-4-6-16-3/h8-9,15H,4-7H2,1-3H3. The summed E-state index contributed by atoms with van der Waals surface area (Å²) < 4.78 is 10.7. The molecule has 1 N–H and O–H groups in total. The van der Waals surface area contributed by atoms with E-state index in [1.54, 1.807) is 7.11 Å². The molecule has 0 aliphatic heterocycles. The molecule has 96 valence electrons. The molecule has 0 spiro atoms. The molecule has 17 heavy (non-hydrogen) atoms. The fraction of sp³-hybridized carbons (Fsp3) is 0.538. The van der Waals surface area contributed by atoms with Crippen molar-refractivity contribution in [3.8, 4) is 5.75 Å². The molecule has 0 aliphatic carbocycles. The Labute approximate surface area is 108 Å². The van der Waals surface area contributed by atoms with Gasteiger partial charge in [0.25, 0.3) is 0 Å². The van der Waals surface area contributed by atoms with Gasteiger partial charge >= 0.3 is 0 Å². The summed E-state index contributed by atoms with van der Waals surface area (Å²) in [6, 6.07) is 3.84. The first-order valence-electron chi connectivity index (χ1n) is 5.74. The number of methoxy groups -OCH3 is 1. The van der Waals surface area contributed by atoms with Crippen molar-refractivity contribution in [1.29, 1.82) is 0 Å². The Kier molecular flexibility index (Phi) is 6.34. The number of benzene rings is 1. The van der Waals surface area contributed by atoms with Gasteiger partial charge in [-0.25, -0.2) is 0 Å². The van der Waals surface area contributed by atoms with E-state index in [9.17, 15) is 0 Å². The summed E-state index contributed by atoms with van der Waals surface area (Å²) in [6.45, 7) is 7.04. The summed E-state index contributed by atoms with van der Waals surface area (Å²) in [7, 11) is 1.69. The van der Waals surface area contributed by atoms with Crippen molar-refractivity contribution >= 4 is 11.6 Å². The van der Waals surface area contributed by atoms with E-state index in [1.165, 1.54) is 0 Å². The second-order valence-electron chi connectivity index (χ2n) is 3.96. The van der Waals surface area contributed by atoms with Crippen molar-refractivity contribution in [3.05, 3.63) is 28.3 Å². The van der Waals surface area contributed by atoms with Crippen molar-refractivity contribution in [2.45, 2.75) is 13.8 Å². The molecule has 0 aromatic heterocycles. The van der Waals surface area contributed by atoms with Gasteiger partial charge in [0.2, 0.25) is 0 Å². The highest BCUT2D eigenvalue weighted by molar-refractivity contribution is 6.30. The summed E-state index contributed by atoms with van der Waals surface area (Å²) in [5, 5.41) is 3.99. The second kappa shape index (κ2) is 7.54. The molecule has 0 radical (unpaired) electrons. The lowest BCUT2D eigenvalue weighted by Crippen LogP contribution is -2.24. The minimum Gasteiger partial charge on any atom is -0.492 e. The molecule has 0 bridgehead atoms. The van der Waals surface area contributed by atoms with Gasteiger partial charge < -0.3 is 14.8 Å². The maximum atomic E-state index is 5.96. The zero-order chi connectivity index (χ0) is 12.7. The molecule has 0 heterocycles. The molecule has 3 nitrogen and oxygen atoms in total. The number of hydrogen-bond donors (Lipinski definition) is 1. The third-order valence-corrected chi connectivity index (χ3v) is 2.65. The van der Waals surface area contributed by atoms with Gasteiger partial charge in [-0.1, -0.05) is 11.6 Å². The third kappa shape index (κ3) is 4.94. The van der Waals surface area contributed by atoms with E-state index in [0.29, 0.717) is 6.61 Å². The topological polar surface area (TPSA) is 30.5 Å². The maximum absolute atomic E-state index is 5.96. The minimum atomic E-state index is 0.646. The molecular weight excluding hydrogens is 238 g/mol. The highest BCUT2D eigenvalue weighted by Gasteiger charge is 2.05. The Morgan fingerprint density at radius 3 is 2.29 bits per heavy atom. The quantitative estimate of drug-likeness (QED) is 0.762.